The van der Waals surface area contributed by atoms with Gasteiger partial charge in [-0.2, -0.15) is 0 Å². The molecular weight excluding hydrogens is 484 g/mol. The Labute approximate surface area is 224 Å². The molecule has 0 saturated heterocycles. The topological polar surface area (TPSA) is 133 Å². The summed E-state index contributed by atoms with van der Waals surface area (Å²) in [6.45, 7) is 5.49. The molecule has 0 bridgehead atoms. The lowest BCUT2D eigenvalue weighted by Crippen LogP contribution is -2.50. The summed E-state index contributed by atoms with van der Waals surface area (Å²) < 4.78 is 10.4. The zero-order chi connectivity index (χ0) is 27.3. The highest BCUT2D eigenvalue weighted by molar-refractivity contribution is 5.88. The van der Waals surface area contributed by atoms with E-state index in [9.17, 15) is 14.4 Å². The fraction of sp³-hybridized carbons (Fsp3) is 0.517. The molecule has 0 aliphatic heterocycles. The van der Waals surface area contributed by atoms with Gasteiger partial charge in [-0.3, -0.25) is 14.6 Å². The zero-order valence-corrected chi connectivity index (χ0v) is 22.4. The number of carbonyl (C=O) groups is 3. The molecule has 4 N–H and O–H groups in total. The van der Waals surface area contributed by atoms with Gasteiger partial charge >= 0.3 is 6.16 Å². The maximum absolute atomic E-state index is 13.0. The quantitative estimate of drug-likeness (QED) is 0.284. The van der Waals surface area contributed by atoms with E-state index in [1.54, 1.807) is 48.8 Å². The molecule has 0 spiro atoms. The molecule has 0 unspecified atom stereocenters. The highest BCUT2D eigenvalue weighted by atomic mass is 16.7. The number of rotatable bonds is 12. The van der Waals surface area contributed by atoms with E-state index in [1.165, 1.54) is 0 Å². The van der Waals surface area contributed by atoms with Crippen molar-refractivity contribution in [1.29, 1.82) is 0 Å². The molecule has 1 atom stereocenters. The van der Waals surface area contributed by atoms with Crippen molar-refractivity contribution < 1.29 is 23.9 Å². The van der Waals surface area contributed by atoms with Gasteiger partial charge in [-0.05, 0) is 85.9 Å². The molecular formula is C29H40N4O5. The molecule has 2 amide bonds. The predicted molar refractivity (Wildman–Crippen MR) is 144 cm³/mol. The van der Waals surface area contributed by atoms with Crippen molar-refractivity contribution in [2.75, 3.05) is 13.1 Å². The lowest BCUT2D eigenvalue weighted by atomic mass is 9.81. The number of nitrogens with zero attached hydrogens (tertiary/aromatic N) is 1. The number of nitrogens with two attached hydrogens (primary N) is 1. The van der Waals surface area contributed by atoms with E-state index in [2.05, 4.69) is 29.5 Å². The highest BCUT2D eigenvalue weighted by Gasteiger charge is 2.29. The van der Waals surface area contributed by atoms with Crippen LogP contribution in [0.4, 0.5) is 4.79 Å². The van der Waals surface area contributed by atoms with Crippen LogP contribution in [0.15, 0.2) is 48.8 Å². The second-order valence-corrected chi connectivity index (χ2v) is 10.3. The zero-order valence-electron chi connectivity index (χ0n) is 22.4. The molecule has 3 rings (SSSR count). The Hall–Kier alpha value is -3.46. The number of nitrogens with one attached hydrogen (secondary N) is 2. The molecule has 1 saturated carbocycles. The second kappa shape index (κ2) is 15.1. The average Bonchev–Trinajstić information content (AvgIpc) is 2.93. The molecule has 1 aromatic carbocycles. The highest BCUT2D eigenvalue weighted by Crippen LogP contribution is 2.28. The van der Waals surface area contributed by atoms with Gasteiger partial charge in [0, 0.05) is 31.3 Å². The fourth-order valence-corrected chi connectivity index (χ4v) is 4.44. The van der Waals surface area contributed by atoms with Gasteiger partial charge in [-0.1, -0.05) is 26.0 Å². The van der Waals surface area contributed by atoms with Gasteiger partial charge in [-0.15, -0.1) is 0 Å². The summed E-state index contributed by atoms with van der Waals surface area (Å²) in [5.41, 5.74) is 7.42. The summed E-state index contributed by atoms with van der Waals surface area (Å²) in [4.78, 5) is 42.0. The van der Waals surface area contributed by atoms with Crippen molar-refractivity contribution >= 4 is 18.0 Å². The minimum Gasteiger partial charge on any atom is -0.429 e. The van der Waals surface area contributed by atoms with Crippen molar-refractivity contribution in [3.8, 4) is 5.75 Å². The van der Waals surface area contributed by atoms with Crippen LogP contribution in [-0.2, 0) is 27.4 Å². The summed E-state index contributed by atoms with van der Waals surface area (Å²) in [7, 11) is 0. The number of aromatic nitrogens is 1. The van der Waals surface area contributed by atoms with Crippen LogP contribution < -0.4 is 21.1 Å². The normalized spacial score (nSPS) is 17.9. The van der Waals surface area contributed by atoms with Crippen LogP contribution in [0.3, 0.4) is 0 Å². The first-order valence-corrected chi connectivity index (χ1v) is 13.4. The number of amides is 2. The van der Waals surface area contributed by atoms with Crippen LogP contribution in [0.5, 0.6) is 5.75 Å². The first kappa shape index (κ1) is 29.1. The van der Waals surface area contributed by atoms with Crippen LogP contribution in [-0.4, -0.2) is 42.1 Å². The minimum atomic E-state index is -0.811. The van der Waals surface area contributed by atoms with Crippen molar-refractivity contribution in [1.82, 2.24) is 15.6 Å². The van der Waals surface area contributed by atoms with Crippen LogP contribution in [0.2, 0.25) is 0 Å². The molecule has 9 nitrogen and oxygen atoms in total. The maximum Gasteiger partial charge on any atom is 0.514 e. The second-order valence-electron chi connectivity index (χ2n) is 10.3. The SMILES string of the molecule is CC(C)CCNC(=O)[C@H](Cc1ccc(OC(=O)OCc2ccncc2)cc1)NC(=O)C1CCC(CN)CC1. The van der Waals surface area contributed by atoms with Gasteiger partial charge in [-0.25, -0.2) is 4.79 Å². The number of ether oxygens (including phenoxy) is 2. The molecule has 206 valence electrons. The van der Waals surface area contributed by atoms with Gasteiger partial charge in [0.05, 0.1) is 0 Å². The third-order valence-corrected chi connectivity index (χ3v) is 6.88. The first-order valence-electron chi connectivity index (χ1n) is 13.4. The van der Waals surface area contributed by atoms with Crippen molar-refractivity contribution in [3.63, 3.8) is 0 Å². The van der Waals surface area contributed by atoms with Gasteiger partial charge in [0.1, 0.15) is 18.4 Å². The van der Waals surface area contributed by atoms with Gasteiger partial charge < -0.3 is 25.8 Å². The molecule has 1 aromatic heterocycles. The molecule has 9 heteroatoms. The van der Waals surface area contributed by atoms with E-state index < -0.39 is 12.2 Å². The first-order chi connectivity index (χ1) is 18.3. The number of carbonyl (C=O) groups excluding carboxylic acids is 3. The van der Waals surface area contributed by atoms with Crippen LogP contribution in [0, 0.1) is 17.8 Å². The van der Waals surface area contributed by atoms with Gasteiger partial charge in [0.2, 0.25) is 11.8 Å². The maximum atomic E-state index is 13.0. The number of hydrogen-bond donors (Lipinski definition) is 3. The van der Waals surface area contributed by atoms with Crippen molar-refractivity contribution in [2.45, 2.75) is 65.0 Å². The van der Waals surface area contributed by atoms with E-state index in [0.717, 1.165) is 43.2 Å². The summed E-state index contributed by atoms with van der Waals surface area (Å²) >= 11 is 0. The lowest BCUT2D eigenvalue weighted by molar-refractivity contribution is -0.131. The predicted octanol–water partition coefficient (Wildman–Crippen LogP) is 3.75. The van der Waals surface area contributed by atoms with Gasteiger partial charge in [0.15, 0.2) is 0 Å². The van der Waals surface area contributed by atoms with E-state index in [-0.39, 0.29) is 24.3 Å². The van der Waals surface area contributed by atoms with Crippen molar-refractivity contribution in [3.05, 3.63) is 59.9 Å². The summed E-state index contributed by atoms with van der Waals surface area (Å²) in [5, 5.41) is 5.96. The van der Waals surface area contributed by atoms with Crippen LogP contribution in [0.25, 0.3) is 0 Å². The molecule has 1 heterocycles. The summed E-state index contributed by atoms with van der Waals surface area (Å²) in [6, 6.07) is 9.65. The Balaban J connectivity index is 1.56. The van der Waals surface area contributed by atoms with E-state index >= 15 is 0 Å². The Morgan fingerprint density at radius 3 is 2.32 bits per heavy atom. The smallest absolute Gasteiger partial charge is 0.429 e. The Morgan fingerprint density at radius 1 is 1.00 bits per heavy atom. The van der Waals surface area contributed by atoms with E-state index in [0.29, 0.717) is 37.1 Å². The molecule has 0 radical (unpaired) electrons. The lowest BCUT2D eigenvalue weighted by Gasteiger charge is -2.28. The molecule has 1 aliphatic carbocycles. The van der Waals surface area contributed by atoms with Crippen LogP contribution in [0.1, 0.15) is 57.1 Å². The third-order valence-electron chi connectivity index (χ3n) is 6.88. The molecule has 38 heavy (non-hydrogen) atoms. The minimum absolute atomic E-state index is 0.0821. The van der Waals surface area contributed by atoms with E-state index in [1.807, 2.05) is 0 Å². The molecule has 1 aliphatic rings. The standard InChI is InChI=1S/C29H40N4O5/c1-20(2)11-16-32-28(35)26(33-27(34)24-7-3-22(18-30)4-8-24)17-21-5-9-25(10-6-21)38-29(36)37-19-23-12-14-31-15-13-23/h5-6,9-10,12-15,20,22,24,26H,3-4,7-8,11,16-19,30H2,1-2H3,(H,32,35)(H,33,34)/t22?,24?,26-/m0/s1. The number of pyridine rings is 1. The van der Waals surface area contributed by atoms with E-state index in [4.69, 9.17) is 15.2 Å². The Morgan fingerprint density at radius 2 is 1.68 bits per heavy atom. The van der Waals surface area contributed by atoms with Gasteiger partial charge in [0.25, 0.3) is 0 Å². The van der Waals surface area contributed by atoms with Crippen LogP contribution >= 0.6 is 0 Å². The fourth-order valence-electron chi connectivity index (χ4n) is 4.44. The third kappa shape index (κ3) is 9.78. The largest absolute Gasteiger partial charge is 0.514 e. The summed E-state index contributed by atoms with van der Waals surface area (Å²) in [6.07, 6.45) is 7.07. The Bertz CT molecular complexity index is 1020. The molecule has 2 aromatic rings. The number of hydrogen-bond acceptors (Lipinski definition) is 7. The number of benzene rings is 1. The molecule has 1 fully saturated rings. The van der Waals surface area contributed by atoms with Crippen molar-refractivity contribution in [2.24, 2.45) is 23.5 Å². The Kier molecular flexibility index (Phi) is 11.5. The average molecular weight is 525 g/mol. The summed E-state index contributed by atoms with van der Waals surface area (Å²) in [5.74, 6) is 0.883. The monoisotopic (exact) mass is 524 g/mol.